The molecule has 3 heterocycles. The third kappa shape index (κ3) is 7.70. The Labute approximate surface area is 286 Å². The highest BCUT2D eigenvalue weighted by Crippen LogP contribution is 2.48. The van der Waals surface area contributed by atoms with Gasteiger partial charge in [0.1, 0.15) is 18.3 Å². The number of nitrogens with zero attached hydrogens (tertiary/aromatic N) is 1. The summed E-state index contributed by atoms with van der Waals surface area (Å²) >= 11 is 0. The van der Waals surface area contributed by atoms with E-state index < -0.39 is 14.4 Å². The van der Waals surface area contributed by atoms with Crippen LogP contribution in [0.25, 0.3) is 11.1 Å². The number of ether oxygens (including phenoxy) is 2. The van der Waals surface area contributed by atoms with E-state index in [4.69, 9.17) is 13.9 Å². The van der Waals surface area contributed by atoms with Gasteiger partial charge in [0.15, 0.2) is 8.32 Å². The van der Waals surface area contributed by atoms with Gasteiger partial charge in [-0.25, -0.2) is 4.79 Å². The number of carbonyl (C=O) groups is 2. The number of aryl methyl sites for hydroxylation is 2. The van der Waals surface area contributed by atoms with Crippen molar-refractivity contribution in [1.29, 1.82) is 0 Å². The summed E-state index contributed by atoms with van der Waals surface area (Å²) in [7, 11) is 0.310. The number of nitrogens with one attached hydrogen (secondary N) is 2. The molecular weight excluding hydrogens is 619 g/mol. The quantitative estimate of drug-likeness (QED) is 0.158. The SMILES string of the molecule is Cc1cc(CO[Si](C)(C)C(C)(C)C)ccc1NC(=O)CCCc1ccc(-c2ccccc2)c(NC(=O)O[C@@H]2C[C@@H]3[C@H]4O[C@H]4[C@H](C2)N3C)c1. The van der Waals surface area contributed by atoms with Crippen molar-refractivity contribution in [2.75, 3.05) is 17.7 Å². The second-order valence-electron chi connectivity index (χ2n) is 15.3. The summed E-state index contributed by atoms with van der Waals surface area (Å²) in [5, 5.41) is 6.30. The predicted octanol–water partition coefficient (Wildman–Crippen LogP) is 8.31. The van der Waals surface area contributed by atoms with Gasteiger partial charge in [0.05, 0.1) is 12.3 Å². The van der Waals surface area contributed by atoms with Crippen LogP contribution < -0.4 is 10.6 Å². The Hall–Kier alpha value is -3.50. The third-order valence-corrected chi connectivity index (χ3v) is 15.4. The average Bonchev–Trinajstić information content (AvgIpc) is 3.80. The van der Waals surface area contributed by atoms with E-state index in [-0.39, 0.29) is 17.0 Å². The van der Waals surface area contributed by atoms with Crippen LogP contribution in [0.15, 0.2) is 66.7 Å². The smallest absolute Gasteiger partial charge is 0.411 e. The summed E-state index contributed by atoms with van der Waals surface area (Å²) in [6.45, 7) is 13.9. The molecular formula is C39H51N3O5Si. The van der Waals surface area contributed by atoms with E-state index in [1.165, 1.54) is 0 Å². The lowest BCUT2D eigenvalue weighted by Gasteiger charge is -2.37. The van der Waals surface area contributed by atoms with Gasteiger partial charge in [-0.3, -0.25) is 15.0 Å². The van der Waals surface area contributed by atoms with Gasteiger partial charge >= 0.3 is 6.09 Å². The van der Waals surface area contributed by atoms with Crippen molar-refractivity contribution in [2.45, 2.75) is 115 Å². The van der Waals surface area contributed by atoms with Gasteiger partial charge in [-0.1, -0.05) is 75.4 Å². The number of fused-ring (bicyclic) bond motifs is 5. The number of likely N-dealkylation sites (N-methyl/N-ethyl adjacent to an activating group) is 1. The van der Waals surface area contributed by atoms with Crippen LogP contribution in [0, 0.1) is 6.92 Å². The van der Waals surface area contributed by atoms with E-state index in [0.717, 1.165) is 46.3 Å². The van der Waals surface area contributed by atoms with Gasteiger partial charge in [-0.05, 0) is 79.3 Å². The van der Waals surface area contributed by atoms with E-state index >= 15 is 0 Å². The summed E-state index contributed by atoms with van der Waals surface area (Å²) < 4.78 is 18.1. The first-order valence-electron chi connectivity index (χ1n) is 17.4. The summed E-state index contributed by atoms with van der Waals surface area (Å²) in [4.78, 5) is 28.5. The Balaban J connectivity index is 1.03. The summed E-state index contributed by atoms with van der Waals surface area (Å²) in [6, 6.07) is 22.9. The molecule has 2 amide bonds. The van der Waals surface area contributed by atoms with E-state index in [9.17, 15) is 9.59 Å². The molecule has 2 N–H and O–H groups in total. The highest BCUT2D eigenvalue weighted by Gasteiger charge is 2.62. The minimum Gasteiger partial charge on any atom is -0.446 e. The van der Waals surface area contributed by atoms with Crippen LogP contribution in [0.1, 0.15) is 63.1 Å². The topological polar surface area (TPSA) is 92.4 Å². The Morgan fingerprint density at radius 1 is 0.917 bits per heavy atom. The van der Waals surface area contributed by atoms with Gasteiger partial charge in [0.25, 0.3) is 0 Å². The molecule has 3 aromatic carbocycles. The Morgan fingerprint density at radius 3 is 2.27 bits per heavy atom. The zero-order chi connectivity index (χ0) is 34.2. The number of piperidine rings is 1. The maximum Gasteiger partial charge on any atom is 0.411 e. The number of morpholine rings is 1. The first-order chi connectivity index (χ1) is 22.8. The minimum atomic E-state index is -1.84. The summed E-state index contributed by atoms with van der Waals surface area (Å²) in [5.41, 5.74) is 6.68. The molecule has 48 heavy (non-hydrogen) atoms. The van der Waals surface area contributed by atoms with Crippen molar-refractivity contribution >= 4 is 31.7 Å². The number of hydrogen-bond donors (Lipinski definition) is 2. The van der Waals surface area contributed by atoms with Crippen LogP contribution in [0.5, 0.6) is 0 Å². The molecule has 0 unspecified atom stereocenters. The molecule has 8 nitrogen and oxygen atoms in total. The van der Waals surface area contributed by atoms with Crippen molar-refractivity contribution in [1.82, 2.24) is 4.90 Å². The minimum absolute atomic E-state index is 0.0127. The van der Waals surface area contributed by atoms with Crippen molar-refractivity contribution in [3.8, 4) is 11.1 Å². The molecule has 5 atom stereocenters. The van der Waals surface area contributed by atoms with Crippen molar-refractivity contribution < 1.29 is 23.5 Å². The monoisotopic (exact) mass is 669 g/mol. The van der Waals surface area contributed by atoms with Crippen LogP contribution in [-0.4, -0.2) is 62.7 Å². The van der Waals surface area contributed by atoms with Crippen LogP contribution in [0.4, 0.5) is 16.2 Å². The molecule has 0 radical (unpaired) electrons. The molecule has 6 rings (SSSR count). The van der Waals surface area contributed by atoms with Gasteiger partial charge in [0, 0.05) is 42.6 Å². The number of benzene rings is 3. The molecule has 3 aromatic rings. The number of rotatable bonds is 11. The maximum absolute atomic E-state index is 13.2. The van der Waals surface area contributed by atoms with E-state index in [0.29, 0.717) is 55.8 Å². The first-order valence-corrected chi connectivity index (χ1v) is 20.3. The van der Waals surface area contributed by atoms with Crippen LogP contribution in [-0.2, 0) is 31.7 Å². The largest absolute Gasteiger partial charge is 0.446 e. The lowest BCUT2D eigenvalue weighted by Crippen LogP contribution is -2.48. The molecule has 0 saturated carbocycles. The van der Waals surface area contributed by atoms with Gasteiger partial charge in [0.2, 0.25) is 5.91 Å². The van der Waals surface area contributed by atoms with Gasteiger partial charge in [-0.2, -0.15) is 0 Å². The summed E-state index contributed by atoms with van der Waals surface area (Å²) in [5.74, 6) is -0.0127. The second kappa shape index (κ2) is 13.8. The predicted molar refractivity (Wildman–Crippen MR) is 194 cm³/mol. The fourth-order valence-electron chi connectivity index (χ4n) is 6.91. The average molecular weight is 670 g/mol. The first kappa shape index (κ1) is 34.4. The lowest BCUT2D eigenvalue weighted by molar-refractivity contribution is -0.116. The molecule has 3 aliphatic heterocycles. The number of epoxide rings is 1. The molecule has 3 fully saturated rings. The van der Waals surface area contributed by atoms with Gasteiger partial charge in [-0.15, -0.1) is 0 Å². The lowest BCUT2D eigenvalue weighted by atomic mass is 9.99. The molecule has 0 spiro atoms. The molecule has 9 heteroatoms. The fourth-order valence-corrected chi connectivity index (χ4v) is 7.87. The highest BCUT2D eigenvalue weighted by atomic mass is 28.4. The highest BCUT2D eigenvalue weighted by molar-refractivity contribution is 6.74. The molecule has 0 aromatic heterocycles. The van der Waals surface area contributed by atoms with E-state index in [1.54, 1.807) is 0 Å². The molecule has 0 aliphatic carbocycles. The van der Waals surface area contributed by atoms with Crippen LogP contribution in [0.3, 0.4) is 0 Å². The van der Waals surface area contributed by atoms with Crippen molar-refractivity contribution in [3.05, 3.63) is 83.4 Å². The van der Waals surface area contributed by atoms with Crippen molar-refractivity contribution in [2.24, 2.45) is 0 Å². The number of amides is 2. The van der Waals surface area contributed by atoms with Crippen molar-refractivity contribution in [3.63, 3.8) is 0 Å². The standard InChI is InChI=1S/C39H51N3O5Si/c1-25-20-27(24-45-48(6,7)39(2,3)4)17-19-31(25)40-35(43)15-11-12-26-16-18-30(28-13-9-8-10-14-28)32(21-26)41-38(44)46-29-22-33-36-37(47-36)34(23-29)42(33)5/h8-10,13-14,16-21,29,33-34,36-37H,11-12,15,22-24H2,1-7H3,(H,40,43)(H,41,44)/t29-,33-,34+,36-,37+. The zero-order valence-electron chi connectivity index (χ0n) is 29.5. The molecule has 3 saturated heterocycles. The zero-order valence-corrected chi connectivity index (χ0v) is 30.5. The fraction of sp³-hybridized carbons (Fsp3) is 0.487. The Bertz CT molecular complexity index is 1620. The third-order valence-electron chi connectivity index (χ3n) is 10.9. The number of hydrogen-bond acceptors (Lipinski definition) is 6. The maximum atomic E-state index is 13.2. The van der Waals surface area contributed by atoms with Crippen LogP contribution in [0.2, 0.25) is 18.1 Å². The second-order valence-corrected chi connectivity index (χ2v) is 20.1. The van der Waals surface area contributed by atoms with E-state index in [1.807, 2.05) is 61.5 Å². The molecule has 256 valence electrons. The number of carbonyl (C=O) groups excluding carboxylic acids is 2. The van der Waals surface area contributed by atoms with E-state index in [2.05, 4.69) is 68.6 Å². The normalized spacial score (nSPS) is 23.4. The summed E-state index contributed by atoms with van der Waals surface area (Å²) in [6.07, 6.45) is 3.41. The Kier molecular flexibility index (Phi) is 9.87. The van der Waals surface area contributed by atoms with Crippen LogP contribution >= 0.6 is 0 Å². The number of anilines is 2. The molecule has 2 bridgehead atoms. The van der Waals surface area contributed by atoms with Gasteiger partial charge < -0.3 is 19.2 Å². The molecule has 3 aliphatic rings. The Morgan fingerprint density at radius 2 is 1.60 bits per heavy atom.